The molecule has 0 aliphatic carbocycles. The monoisotopic (exact) mass is 211 g/mol. The normalized spacial score (nSPS) is 26.9. The van der Waals surface area contributed by atoms with Gasteiger partial charge in [-0.15, -0.1) is 0 Å². The van der Waals surface area contributed by atoms with Crippen LogP contribution in [0.15, 0.2) is 0 Å². The smallest absolute Gasteiger partial charge is 0.220 e. The summed E-state index contributed by atoms with van der Waals surface area (Å²) in [5.41, 5.74) is -0.331. The van der Waals surface area contributed by atoms with Crippen LogP contribution in [0.3, 0.4) is 0 Å². The lowest BCUT2D eigenvalue weighted by molar-refractivity contribution is -0.139. The predicted octanol–water partition coefficient (Wildman–Crippen LogP) is 1.76. The molecule has 0 aromatic rings. The highest BCUT2D eigenvalue weighted by Gasteiger charge is 2.44. The zero-order valence-corrected chi connectivity index (χ0v) is 10.1. The fourth-order valence-corrected chi connectivity index (χ4v) is 2.33. The van der Waals surface area contributed by atoms with Crippen molar-refractivity contribution in [3.63, 3.8) is 0 Å². The highest BCUT2D eigenvalue weighted by Crippen LogP contribution is 2.37. The quantitative estimate of drug-likeness (QED) is 0.773. The average molecular weight is 211 g/mol. The van der Waals surface area contributed by atoms with Crippen LogP contribution in [-0.4, -0.2) is 18.2 Å². The van der Waals surface area contributed by atoms with Crippen LogP contribution >= 0.6 is 0 Å². The van der Waals surface area contributed by atoms with E-state index in [0.717, 1.165) is 0 Å². The number of Topliss-reactive ketones (excluding diaryl/α,β-unsaturated/α-hetero) is 1. The maximum atomic E-state index is 12.2. The van der Waals surface area contributed by atoms with Crippen molar-refractivity contribution >= 4 is 11.7 Å². The summed E-state index contributed by atoms with van der Waals surface area (Å²) in [6.45, 7) is 8.52. The van der Waals surface area contributed by atoms with Crippen LogP contribution in [-0.2, 0) is 9.59 Å². The van der Waals surface area contributed by atoms with Gasteiger partial charge in [0, 0.05) is 24.3 Å². The Kier molecular flexibility index (Phi) is 3.53. The molecule has 1 heterocycles. The van der Waals surface area contributed by atoms with Gasteiger partial charge in [-0.05, 0) is 12.3 Å². The van der Waals surface area contributed by atoms with Gasteiger partial charge in [-0.1, -0.05) is 27.7 Å². The van der Waals surface area contributed by atoms with Gasteiger partial charge in [0.1, 0.15) is 5.78 Å². The van der Waals surface area contributed by atoms with E-state index in [0.29, 0.717) is 19.4 Å². The number of hydrogen-bond donors (Lipinski definition) is 1. The molecule has 86 valence electrons. The minimum absolute atomic E-state index is 0.0439. The number of hydrogen-bond acceptors (Lipinski definition) is 2. The molecule has 1 N–H and O–H groups in total. The summed E-state index contributed by atoms with van der Waals surface area (Å²) < 4.78 is 0. The molecule has 0 radical (unpaired) electrons. The summed E-state index contributed by atoms with van der Waals surface area (Å²) in [6, 6.07) is 0. The van der Waals surface area contributed by atoms with Gasteiger partial charge in [0.2, 0.25) is 5.91 Å². The zero-order valence-electron chi connectivity index (χ0n) is 10.1. The molecule has 1 aliphatic rings. The molecule has 1 rings (SSSR count). The van der Waals surface area contributed by atoms with Crippen molar-refractivity contribution in [2.45, 2.75) is 40.5 Å². The van der Waals surface area contributed by atoms with Crippen LogP contribution in [0.25, 0.3) is 0 Å². The van der Waals surface area contributed by atoms with Crippen molar-refractivity contribution < 1.29 is 9.59 Å². The molecule has 3 nitrogen and oxygen atoms in total. The van der Waals surface area contributed by atoms with Gasteiger partial charge >= 0.3 is 0 Å². The van der Waals surface area contributed by atoms with E-state index in [1.165, 1.54) is 0 Å². The Morgan fingerprint density at radius 3 is 2.27 bits per heavy atom. The minimum atomic E-state index is -0.331. The molecule has 1 unspecified atom stereocenters. The molecule has 3 heteroatoms. The van der Waals surface area contributed by atoms with Gasteiger partial charge in [-0.2, -0.15) is 0 Å². The second-order valence-electron chi connectivity index (χ2n) is 5.11. The standard InChI is InChI=1S/C12H21NO2/c1-8(2)11(15)12(9(3)4)6-5-10(14)13-7-12/h8-9H,5-7H2,1-4H3,(H,13,14). The number of rotatable bonds is 3. The molecule has 0 bridgehead atoms. The SMILES string of the molecule is CC(C)C(=O)C1(C(C)C)CCC(=O)NC1. The van der Waals surface area contributed by atoms with Gasteiger partial charge in [0.25, 0.3) is 0 Å². The lowest BCUT2D eigenvalue weighted by Crippen LogP contribution is -2.52. The molecular weight excluding hydrogens is 190 g/mol. The Bertz CT molecular complexity index is 259. The number of carbonyl (C=O) groups is 2. The second-order valence-corrected chi connectivity index (χ2v) is 5.11. The van der Waals surface area contributed by atoms with E-state index < -0.39 is 0 Å². The molecule has 1 saturated heterocycles. The summed E-state index contributed by atoms with van der Waals surface area (Å²) in [7, 11) is 0. The maximum Gasteiger partial charge on any atom is 0.220 e. The molecule has 15 heavy (non-hydrogen) atoms. The molecule has 1 amide bonds. The predicted molar refractivity (Wildman–Crippen MR) is 59.4 cm³/mol. The van der Waals surface area contributed by atoms with Gasteiger partial charge in [-0.3, -0.25) is 9.59 Å². The van der Waals surface area contributed by atoms with Crippen molar-refractivity contribution in [1.29, 1.82) is 0 Å². The van der Waals surface area contributed by atoms with Gasteiger partial charge < -0.3 is 5.32 Å². The first-order valence-corrected chi connectivity index (χ1v) is 5.71. The van der Waals surface area contributed by atoms with E-state index in [1.54, 1.807) is 0 Å². The third-order valence-corrected chi connectivity index (χ3v) is 3.52. The van der Waals surface area contributed by atoms with E-state index in [9.17, 15) is 9.59 Å². The van der Waals surface area contributed by atoms with Crippen LogP contribution in [0.5, 0.6) is 0 Å². The first-order valence-electron chi connectivity index (χ1n) is 5.71. The Morgan fingerprint density at radius 1 is 1.33 bits per heavy atom. The second kappa shape index (κ2) is 4.33. The number of nitrogens with one attached hydrogen (secondary N) is 1. The molecule has 1 atom stereocenters. The zero-order chi connectivity index (χ0) is 11.6. The average Bonchev–Trinajstić information content (AvgIpc) is 2.17. The van der Waals surface area contributed by atoms with Crippen LogP contribution in [0, 0.1) is 17.3 Å². The summed E-state index contributed by atoms with van der Waals surface area (Å²) in [5.74, 6) is 0.690. The van der Waals surface area contributed by atoms with Gasteiger partial charge in [-0.25, -0.2) is 0 Å². The molecule has 1 fully saturated rings. The van der Waals surface area contributed by atoms with Crippen LogP contribution in [0.2, 0.25) is 0 Å². The summed E-state index contributed by atoms with van der Waals surface area (Å²) >= 11 is 0. The molecule has 0 saturated carbocycles. The topological polar surface area (TPSA) is 46.2 Å². The van der Waals surface area contributed by atoms with Crippen LogP contribution < -0.4 is 5.32 Å². The van der Waals surface area contributed by atoms with Gasteiger partial charge in [0.05, 0.1) is 0 Å². The van der Waals surface area contributed by atoms with E-state index in [2.05, 4.69) is 19.2 Å². The largest absolute Gasteiger partial charge is 0.355 e. The van der Waals surface area contributed by atoms with Gasteiger partial charge in [0.15, 0.2) is 0 Å². The summed E-state index contributed by atoms with van der Waals surface area (Å²) in [5, 5.41) is 2.83. The van der Waals surface area contributed by atoms with E-state index in [-0.39, 0.29) is 28.9 Å². The Hall–Kier alpha value is -0.860. The lowest BCUT2D eigenvalue weighted by atomic mass is 9.66. The first kappa shape index (κ1) is 12.2. The summed E-state index contributed by atoms with van der Waals surface area (Å²) in [4.78, 5) is 23.4. The fourth-order valence-electron chi connectivity index (χ4n) is 2.33. The Labute approximate surface area is 91.6 Å². The maximum absolute atomic E-state index is 12.2. The first-order chi connectivity index (χ1) is 6.90. The number of carbonyl (C=O) groups excluding carboxylic acids is 2. The number of amides is 1. The molecule has 0 aromatic carbocycles. The highest BCUT2D eigenvalue weighted by atomic mass is 16.2. The van der Waals surface area contributed by atoms with Crippen LogP contribution in [0.4, 0.5) is 0 Å². The lowest BCUT2D eigenvalue weighted by Gasteiger charge is -2.40. The van der Waals surface area contributed by atoms with E-state index in [1.807, 2.05) is 13.8 Å². The third-order valence-electron chi connectivity index (χ3n) is 3.52. The van der Waals surface area contributed by atoms with Crippen molar-refractivity contribution in [3.05, 3.63) is 0 Å². The fraction of sp³-hybridized carbons (Fsp3) is 0.833. The van der Waals surface area contributed by atoms with Crippen molar-refractivity contribution in [2.75, 3.05) is 6.54 Å². The molecule has 1 aliphatic heterocycles. The van der Waals surface area contributed by atoms with E-state index >= 15 is 0 Å². The molecule has 0 spiro atoms. The van der Waals surface area contributed by atoms with Crippen molar-refractivity contribution in [2.24, 2.45) is 17.3 Å². The molecule has 0 aromatic heterocycles. The third kappa shape index (κ3) is 2.21. The van der Waals surface area contributed by atoms with Crippen molar-refractivity contribution in [1.82, 2.24) is 5.32 Å². The summed E-state index contributed by atoms with van der Waals surface area (Å²) in [6.07, 6.45) is 1.18. The number of piperidine rings is 1. The van der Waals surface area contributed by atoms with Crippen molar-refractivity contribution in [3.8, 4) is 0 Å². The highest BCUT2D eigenvalue weighted by molar-refractivity contribution is 5.89. The molecular formula is C12H21NO2. The van der Waals surface area contributed by atoms with Crippen LogP contribution in [0.1, 0.15) is 40.5 Å². The Balaban J connectivity index is 2.89. The Morgan fingerprint density at radius 2 is 1.93 bits per heavy atom. The number of ketones is 1. The minimum Gasteiger partial charge on any atom is -0.355 e. The van der Waals surface area contributed by atoms with E-state index in [4.69, 9.17) is 0 Å².